The molecule has 0 unspecified atom stereocenters. The van der Waals surface area contributed by atoms with Crippen LogP contribution in [0.5, 0.6) is 0 Å². The van der Waals surface area contributed by atoms with Crippen molar-refractivity contribution >= 4 is 28.8 Å². The molecule has 0 aliphatic rings. The first-order valence-electron chi connectivity index (χ1n) is 9.01. The van der Waals surface area contributed by atoms with E-state index in [4.69, 9.17) is 5.73 Å². The molecule has 9 heteroatoms. The van der Waals surface area contributed by atoms with E-state index >= 15 is 0 Å². The number of nitrogens with one attached hydrogen (secondary N) is 2. The Bertz CT molecular complexity index is 1100. The summed E-state index contributed by atoms with van der Waals surface area (Å²) in [5, 5.41) is 10.4. The summed E-state index contributed by atoms with van der Waals surface area (Å²) in [5.41, 5.74) is 8.91. The second kappa shape index (κ2) is 8.09. The lowest BCUT2D eigenvalue weighted by Crippen LogP contribution is -2.33. The number of fused-ring (bicyclic) bond motifs is 1. The Kier molecular flexibility index (Phi) is 5.58. The van der Waals surface area contributed by atoms with E-state index < -0.39 is 5.91 Å². The van der Waals surface area contributed by atoms with Gasteiger partial charge in [0.15, 0.2) is 5.65 Å². The molecular weight excluding hydrogens is 372 g/mol. The lowest BCUT2D eigenvalue weighted by molar-refractivity contribution is -0.117. The molecule has 2 aromatic heterocycles. The van der Waals surface area contributed by atoms with E-state index in [1.807, 2.05) is 13.8 Å². The summed E-state index contributed by atoms with van der Waals surface area (Å²) in [5.74, 6) is -1.22. The number of aromatic nitrogens is 3. The van der Waals surface area contributed by atoms with Gasteiger partial charge in [0.2, 0.25) is 5.91 Å². The SMILES string of the molecule is Cc1cc(C(=O)NCc2ccc(C(=O)NCC(N)=O)cc2)c2c(C)nn(C)c2n1. The largest absolute Gasteiger partial charge is 0.368 e. The zero-order chi connectivity index (χ0) is 21.1. The third-order valence-electron chi connectivity index (χ3n) is 4.43. The number of nitrogens with zero attached hydrogens (tertiary/aromatic N) is 3. The van der Waals surface area contributed by atoms with E-state index in [9.17, 15) is 14.4 Å². The van der Waals surface area contributed by atoms with Crippen LogP contribution in [0.4, 0.5) is 0 Å². The van der Waals surface area contributed by atoms with Gasteiger partial charge in [0.25, 0.3) is 11.8 Å². The molecule has 0 bridgehead atoms. The normalized spacial score (nSPS) is 10.7. The van der Waals surface area contributed by atoms with Crippen molar-refractivity contribution in [3.8, 4) is 0 Å². The summed E-state index contributed by atoms with van der Waals surface area (Å²) in [6, 6.07) is 8.47. The number of carbonyl (C=O) groups is 3. The molecule has 0 fully saturated rings. The average molecular weight is 394 g/mol. The Labute approximate surface area is 167 Å². The number of pyridine rings is 1. The summed E-state index contributed by atoms with van der Waals surface area (Å²) < 4.78 is 1.66. The van der Waals surface area contributed by atoms with Crippen LogP contribution in [-0.2, 0) is 18.4 Å². The lowest BCUT2D eigenvalue weighted by Gasteiger charge is -2.09. The number of nitrogens with two attached hydrogens (primary N) is 1. The number of carbonyl (C=O) groups excluding carboxylic acids is 3. The molecule has 0 saturated carbocycles. The summed E-state index contributed by atoms with van der Waals surface area (Å²) in [6.45, 7) is 3.76. The van der Waals surface area contributed by atoms with E-state index in [1.54, 1.807) is 42.1 Å². The molecule has 150 valence electrons. The molecule has 4 N–H and O–H groups in total. The van der Waals surface area contributed by atoms with Crippen LogP contribution >= 0.6 is 0 Å². The topological polar surface area (TPSA) is 132 Å². The third kappa shape index (κ3) is 4.40. The zero-order valence-electron chi connectivity index (χ0n) is 16.4. The van der Waals surface area contributed by atoms with Gasteiger partial charge < -0.3 is 16.4 Å². The number of primary amides is 1. The number of hydrogen-bond acceptors (Lipinski definition) is 5. The molecule has 0 aliphatic heterocycles. The molecule has 3 aromatic rings. The highest BCUT2D eigenvalue weighted by atomic mass is 16.2. The molecular formula is C20H22N6O3. The van der Waals surface area contributed by atoms with Crippen LogP contribution in [0.15, 0.2) is 30.3 Å². The minimum absolute atomic E-state index is 0.218. The maximum Gasteiger partial charge on any atom is 0.252 e. The highest BCUT2D eigenvalue weighted by Gasteiger charge is 2.17. The summed E-state index contributed by atoms with van der Waals surface area (Å²) in [7, 11) is 1.80. The van der Waals surface area contributed by atoms with Crippen LogP contribution in [0.2, 0.25) is 0 Å². The number of rotatable bonds is 6. The van der Waals surface area contributed by atoms with Gasteiger partial charge in [0, 0.05) is 24.8 Å². The summed E-state index contributed by atoms with van der Waals surface area (Å²) in [4.78, 5) is 39.9. The molecule has 0 saturated heterocycles. The quantitative estimate of drug-likeness (QED) is 0.567. The highest BCUT2D eigenvalue weighted by molar-refractivity contribution is 6.06. The second-order valence-corrected chi connectivity index (χ2v) is 6.75. The van der Waals surface area contributed by atoms with Crippen LogP contribution < -0.4 is 16.4 Å². The highest BCUT2D eigenvalue weighted by Crippen LogP contribution is 2.21. The van der Waals surface area contributed by atoms with Crippen LogP contribution in [0, 0.1) is 13.8 Å². The first-order chi connectivity index (χ1) is 13.8. The molecule has 0 radical (unpaired) electrons. The smallest absolute Gasteiger partial charge is 0.252 e. The van der Waals surface area contributed by atoms with Crippen molar-refractivity contribution in [2.75, 3.05) is 6.54 Å². The van der Waals surface area contributed by atoms with Gasteiger partial charge in [-0.05, 0) is 37.6 Å². The van der Waals surface area contributed by atoms with Crippen molar-refractivity contribution in [3.05, 3.63) is 58.4 Å². The summed E-state index contributed by atoms with van der Waals surface area (Å²) >= 11 is 0. The molecule has 9 nitrogen and oxygen atoms in total. The van der Waals surface area contributed by atoms with Gasteiger partial charge in [-0.3, -0.25) is 19.1 Å². The average Bonchev–Trinajstić information content (AvgIpc) is 2.97. The minimum atomic E-state index is -0.609. The van der Waals surface area contributed by atoms with Crippen molar-refractivity contribution in [2.45, 2.75) is 20.4 Å². The van der Waals surface area contributed by atoms with Crippen LogP contribution in [0.1, 0.15) is 37.7 Å². The molecule has 0 spiro atoms. The van der Waals surface area contributed by atoms with E-state index in [0.717, 1.165) is 22.3 Å². The number of amides is 3. The van der Waals surface area contributed by atoms with Gasteiger partial charge in [-0.15, -0.1) is 0 Å². The van der Waals surface area contributed by atoms with E-state index in [0.29, 0.717) is 23.3 Å². The molecule has 2 heterocycles. The van der Waals surface area contributed by atoms with Crippen molar-refractivity contribution in [1.29, 1.82) is 0 Å². The minimum Gasteiger partial charge on any atom is -0.368 e. The number of aryl methyl sites for hydroxylation is 3. The standard InChI is InChI=1S/C20H22N6O3/c1-11-8-15(17-12(2)25-26(3)18(17)24-11)20(29)22-9-13-4-6-14(7-5-13)19(28)23-10-16(21)27/h4-8H,9-10H2,1-3H3,(H2,21,27)(H,22,29)(H,23,28). The van der Waals surface area contributed by atoms with Crippen LogP contribution in [0.25, 0.3) is 11.0 Å². The van der Waals surface area contributed by atoms with Crippen molar-refractivity contribution in [1.82, 2.24) is 25.4 Å². The first kappa shape index (κ1) is 20.0. The van der Waals surface area contributed by atoms with Crippen molar-refractivity contribution < 1.29 is 14.4 Å². The maximum absolute atomic E-state index is 12.8. The maximum atomic E-state index is 12.8. The fourth-order valence-corrected chi connectivity index (χ4v) is 3.07. The Morgan fingerprint density at radius 1 is 1.07 bits per heavy atom. The second-order valence-electron chi connectivity index (χ2n) is 6.75. The van der Waals surface area contributed by atoms with Gasteiger partial charge in [-0.25, -0.2) is 4.98 Å². The van der Waals surface area contributed by atoms with E-state index in [2.05, 4.69) is 20.7 Å². The van der Waals surface area contributed by atoms with Crippen LogP contribution in [0.3, 0.4) is 0 Å². The molecule has 0 aliphatic carbocycles. The number of hydrogen-bond donors (Lipinski definition) is 3. The number of benzene rings is 1. The van der Waals surface area contributed by atoms with Gasteiger partial charge in [-0.2, -0.15) is 5.10 Å². The predicted molar refractivity (Wildman–Crippen MR) is 107 cm³/mol. The molecule has 3 amide bonds. The summed E-state index contributed by atoms with van der Waals surface area (Å²) in [6.07, 6.45) is 0. The Morgan fingerprint density at radius 2 is 1.76 bits per heavy atom. The van der Waals surface area contributed by atoms with Crippen LogP contribution in [-0.4, -0.2) is 39.0 Å². The Morgan fingerprint density at radius 3 is 2.41 bits per heavy atom. The van der Waals surface area contributed by atoms with Gasteiger partial charge in [0.1, 0.15) is 0 Å². The fraction of sp³-hybridized carbons (Fsp3) is 0.250. The predicted octanol–water partition coefficient (Wildman–Crippen LogP) is 0.730. The fourth-order valence-electron chi connectivity index (χ4n) is 3.07. The van der Waals surface area contributed by atoms with Crippen molar-refractivity contribution in [3.63, 3.8) is 0 Å². The lowest BCUT2D eigenvalue weighted by atomic mass is 10.1. The molecule has 3 rings (SSSR count). The Hall–Kier alpha value is -3.75. The first-order valence-corrected chi connectivity index (χ1v) is 9.01. The third-order valence-corrected chi connectivity index (χ3v) is 4.43. The van der Waals surface area contributed by atoms with Gasteiger partial charge in [-0.1, -0.05) is 12.1 Å². The molecule has 29 heavy (non-hydrogen) atoms. The van der Waals surface area contributed by atoms with Crippen molar-refractivity contribution in [2.24, 2.45) is 12.8 Å². The Balaban J connectivity index is 1.71. The van der Waals surface area contributed by atoms with Gasteiger partial charge in [0.05, 0.1) is 23.2 Å². The van der Waals surface area contributed by atoms with E-state index in [-0.39, 0.29) is 18.4 Å². The van der Waals surface area contributed by atoms with E-state index in [1.165, 1.54) is 0 Å². The monoisotopic (exact) mass is 394 g/mol. The molecule has 1 aromatic carbocycles. The molecule has 0 atom stereocenters. The van der Waals surface area contributed by atoms with Gasteiger partial charge >= 0.3 is 0 Å². The zero-order valence-corrected chi connectivity index (χ0v) is 16.4.